The second kappa shape index (κ2) is 4.90. The Balaban J connectivity index is 2.09. The molecule has 2 heterocycles. The zero-order valence-corrected chi connectivity index (χ0v) is 12.1. The minimum atomic E-state index is -0.0948. The van der Waals surface area contributed by atoms with Crippen LogP contribution < -0.4 is 0 Å². The Labute approximate surface area is 122 Å². The van der Waals surface area contributed by atoms with Crippen molar-refractivity contribution in [3.63, 3.8) is 0 Å². The van der Waals surface area contributed by atoms with Crippen LogP contribution >= 0.6 is 27.5 Å². The van der Waals surface area contributed by atoms with E-state index in [9.17, 15) is 4.79 Å². The molecule has 96 valence electrons. The fourth-order valence-corrected chi connectivity index (χ4v) is 2.52. The van der Waals surface area contributed by atoms with Gasteiger partial charge in [0.2, 0.25) is 11.1 Å². The van der Waals surface area contributed by atoms with Gasteiger partial charge in [-0.05, 0) is 40.4 Å². The molecular formula is C13H9BrClN3O. The van der Waals surface area contributed by atoms with Crippen LogP contribution in [0.2, 0.25) is 5.28 Å². The van der Waals surface area contributed by atoms with E-state index in [1.807, 2.05) is 18.2 Å². The standard InChI is InChI=1S/C13H9BrClN3O/c14-9-6-16-13(15)18-7-10(17-12(9)18)11(19)8-4-2-1-3-5-8/h2,4-7H,1,3H2. The van der Waals surface area contributed by atoms with Crippen molar-refractivity contribution in [2.45, 2.75) is 12.8 Å². The fourth-order valence-electron chi connectivity index (χ4n) is 1.96. The maximum Gasteiger partial charge on any atom is 0.212 e. The number of nitrogens with zero attached hydrogens (tertiary/aromatic N) is 3. The predicted octanol–water partition coefficient (Wildman–Crippen LogP) is 3.60. The summed E-state index contributed by atoms with van der Waals surface area (Å²) in [5, 5.41) is 0.276. The highest BCUT2D eigenvalue weighted by molar-refractivity contribution is 9.10. The number of Topliss-reactive ketones (excluding diaryl/α,β-unsaturated/α-hetero) is 1. The van der Waals surface area contributed by atoms with Crippen molar-refractivity contribution in [2.75, 3.05) is 0 Å². The number of carbonyl (C=O) groups excluding carboxylic acids is 1. The molecule has 6 heteroatoms. The van der Waals surface area contributed by atoms with Gasteiger partial charge in [0, 0.05) is 18.0 Å². The van der Waals surface area contributed by atoms with E-state index in [2.05, 4.69) is 25.9 Å². The maximum atomic E-state index is 12.3. The first-order chi connectivity index (χ1) is 9.16. The van der Waals surface area contributed by atoms with Crippen molar-refractivity contribution in [1.82, 2.24) is 14.4 Å². The highest BCUT2D eigenvalue weighted by Gasteiger charge is 2.17. The van der Waals surface area contributed by atoms with E-state index in [1.165, 1.54) is 0 Å². The van der Waals surface area contributed by atoms with Crippen molar-refractivity contribution in [3.05, 3.63) is 51.6 Å². The molecule has 0 spiro atoms. The first-order valence-electron chi connectivity index (χ1n) is 5.77. The Hall–Kier alpha value is -1.46. The molecule has 0 bridgehead atoms. The minimum absolute atomic E-state index is 0.0948. The molecule has 1 aliphatic carbocycles. The lowest BCUT2D eigenvalue weighted by Gasteiger charge is -2.02. The van der Waals surface area contributed by atoms with Gasteiger partial charge in [0.15, 0.2) is 5.65 Å². The topological polar surface area (TPSA) is 47.3 Å². The highest BCUT2D eigenvalue weighted by Crippen LogP contribution is 2.22. The smallest absolute Gasteiger partial charge is 0.212 e. The Kier molecular flexibility index (Phi) is 3.24. The highest BCUT2D eigenvalue weighted by atomic mass is 79.9. The molecule has 0 radical (unpaired) electrons. The number of ketones is 1. The Bertz CT molecular complexity index is 694. The van der Waals surface area contributed by atoms with E-state index in [0.717, 1.165) is 12.8 Å². The maximum absolute atomic E-state index is 12.3. The van der Waals surface area contributed by atoms with E-state index in [0.29, 0.717) is 21.4 Å². The van der Waals surface area contributed by atoms with Crippen LogP contribution in [0.15, 0.2) is 40.7 Å². The van der Waals surface area contributed by atoms with Crippen LogP contribution in [0.5, 0.6) is 0 Å². The van der Waals surface area contributed by atoms with Gasteiger partial charge in [-0.1, -0.05) is 18.2 Å². The van der Waals surface area contributed by atoms with E-state index in [1.54, 1.807) is 16.8 Å². The number of fused-ring (bicyclic) bond motifs is 1. The molecule has 4 nitrogen and oxygen atoms in total. The molecule has 0 unspecified atom stereocenters. The van der Waals surface area contributed by atoms with Gasteiger partial charge in [-0.3, -0.25) is 9.20 Å². The number of aromatic nitrogens is 3. The first kappa shape index (κ1) is 12.6. The largest absolute Gasteiger partial charge is 0.287 e. The summed E-state index contributed by atoms with van der Waals surface area (Å²) >= 11 is 9.33. The summed E-state index contributed by atoms with van der Waals surface area (Å²) in [6.45, 7) is 0. The third kappa shape index (κ3) is 2.24. The number of carbonyl (C=O) groups is 1. The predicted molar refractivity (Wildman–Crippen MR) is 76.5 cm³/mol. The SMILES string of the molecule is O=C(C1=CCCC=C1)c1cn2c(Cl)ncc(Br)c2n1. The van der Waals surface area contributed by atoms with Gasteiger partial charge in [0.25, 0.3) is 0 Å². The molecule has 0 aliphatic heterocycles. The van der Waals surface area contributed by atoms with Crippen molar-refractivity contribution >= 4 is 39.0 Å². The van der Waals surface area contributed by atoms with Crippen LogP contribution in [0.25, 0.3) is 5.65 Å². The number of allylic oxidation sites excluding steroid dienone is 4. The average Bonchev–Trinajstić information content (AvgIpc) is 2.89. The van der Waals surface area contributed by atoms with Gasteiger partial charge in [0.05, 0.1) is 4.47 Å². The lowest BCUT2D eigenvalue weighted by Crippen LogP contribution is -2.03. The number of hydrogen-bond donors (Lipinski definition) is 0. The van der Waals surface area contributed by atoms with Crippen LogP contribution in [0.1, 0.15) is 23.3 Å². The van der Waals surface area contributed by atoms with Crippen LogP contribution in [0.4, 0.5) is 0 Å². The van der Waals surface area contributed by atoms with Crippen molar-refractivity contribution in [2.24, 2.45) is 0 Å². The molecule has 0 fully saturated rings. The number of rotatable bonds is 2. The zero-order valence-electron chi connectivity index (χ0n) is 9.81. The lowest BCUT2D eigenvalue weighted by molar-refractivity contribution is 0.103. The molecule has 0 aromatic carbocycles. The summed E-state index contributed by atoms with van der Waals surface area (Å²) in [5.41, 5.74) is 1.63. The van der Waals surface area contributed by atoms with E-state index >= 15 is 0 Å². The molecule has 0 saturated heterocycles. The Morgan fingerprint density at radius 3 is 2.95 bits per heavy atom. The Morgan fingerprint density at radius 1 is 1.42 bits per heavy atom. The molecule has 1 aliphatic rings. The molecule has 0 amide bonds. The van der Waals surface area contributed by atoms with Gasteiger partial charge in [-0.25, -0.2) is 9.97 Å². The fraction of sp³-hybridized carbons (Fsp3) is 0.154. The van der Waals surface area contributed by atoms with Gasteiger partial charge in [0.1, 0.15) is 5.69 Å². The normalized spacial score (nSPS) is 14.7. The lowest BCUT2D eigenvalue weighted by atomic mass is 10.0. The Morgan fingerprint density at radius 2 is 2.26 bits per heavy atom. The summed E-state index contributed by atoms with van der Waals surface area (Å²) in [4.78, 5) is 20.6. The third-order valence-corrected chi connectivity index (χ3v) is 3.73. The molecule has 19 heavy (non-hydrogen) atoms. The van der Waals surface area contributed by atoms with Crippen molar-refractivity contribution in [3.8, 4) is 0 Å². The molecule has 0 saturated carbocycles. The number of hydrogen-bond acceptors (Lipinski definition) is 3. The second-order valence-electron chi connectivity index (χ2n) is 4.16. The van der Waals surface area contributed by atoms with E-state index < -0.39 is 0 Å². The molecule has 0 atom stereocenters. The molecule has 2 aromatic heterocycles. The summed E-state index contributed by atoms with van der Waals surface area (Å²) in [6.07, 6.45) is 10.8. The monoisotopic (exact) mass is 337 g/mol. The van der Waals surface area contributed by atoms with Gasteiger partial charge in [-0.15, -0.1) is 0 Å². The van der Waals surface area contributed by atoms with Crippen LogP contribution in [0, 0.1) is 0 Å². The summed E-state index contributed by atoms with van der Waals surface area (Å²) in [7, 11) is 0. The van der Waals surface area contributed by atoms with Gasteiger partial charge in [-0.2, -0.15) is 0 Å². The molecule has 2 aromatic rings. The molecule has 0 N–H and O–H groups in total. The first-order valence-corrected chi connectivity index (χ1v) is 6.94. The van der Waals surface area contributed by atoms with E-state index in [4.69, 9.17) is 11.6 Å². The van der Waals surface area contributed by atoms with Gasteiger partial charge < -0.3 is 0 Å². The van der Waals surface area contributed by atoms with Gasteiger partial charge >= 0.3 is 0 Å². The number of imidazole rings is 1. The summed E-state index contributed by atoms with van der Waals surface area (Å²) < 4.78 is 2.29. The number of halogens is 2. The van der Waals surface area contributed by atoms with Crippen molar-refractivity contribution in [1.29, 1.82) is 0 Å². The minimum Gasteiger partial charge on any atom is -0.287 e. The quantitative estimate of drug-likeness (QED) is 0.621. The third-order valence-electron chi connectivity index (χ3n) is 2.89. The average molecular weight is 339 g/mol. The van der Waals surface area contributed by atoms with E-state index in [-0.39, 0.29) is 11.1 Å². The van der Waals surface area contributed by atoms with Crippen molar-refractivity contribution < 1.29 is 4.79 Å². The van der Waals surface area contributed by atoms with Crippen LogP contribution in [-0.4, -0.2) is 20.2 Å². The van der Waals surface area contributed by atoms with Crippen LogP contribution in [-0.2, 0) is 0 Å². The summed E-state index contributed by atoms with van der Waals surface area (Å²) in [5.74, 6) is -0.0948. The molecule has 3 rings (SSSR count). The second-order valence-corrected chi connectivity index (χ2v) is 5.36. The summed E-state index contributed by atoms with van der Waals surface area (Å²) in [6, 6.07) is 0. The van der Waals surface area contributed by atoms with Crippen LogP contribution in [0.3, 0.4) is 0 Å². The molecular weight excluding hydrogens is 330 g/mol. The zero-order chi connectivity index (χ0) is 13.4.